The van der Waals surface area contributed by atoms with Gasteiger partial charge in [0.05, 0.1) is 0 Å². The van der Waals surface area contributed by atoms with Crippen molar-refractivity contribution >= 4 is 0 Å². The van der Waals surface area contributed by atoms with Gasteiger partial charge in [0, 0.05) is 11.6 Å². The van der Waals surface area contributed by atoms with E-state index < -0.39 is 0 Å². The molecule has 2 nitrogen and oxygen atoms in total. The largest absolute Gasteiger partial charge is 0.326 e. The van der Waals surface area contributed by atoms with Crippen LogP contribution in [0.1, 0.15) is 65.2 Å². The zero-order chi connectivity index (χ0) is 12.3. The van der Waals surface area contributed by atoms with E-state index in [-0.39, 0.29) is 11.6 Å². The highest BCUT2D eigenvalue weighted by atomic mass is 14.9. The van der Waals surface area contributed by atoms with E-state index in [1.165, 1.54) is 51.4 Å². The van der Waals surface area contributed by atoms with Crippen molar-refractivity contribution in [1.82, 2.24) is 0 Å². The van der Waals surface area contributed by atoms with Gasteiger partial charge in [0.15, 0.2) is 0 Å². The Morgan fingerprint density at radius 2 is 1.94 bits per heavy atom. The topological polar surface area (TPSA) is 52.0 Å². The van der Waals surface area contributed by atoms with Crippen LogP contribution in [0, 0.1) is 16.7 Å². The predicted molar refractivity (Wildman–Crippen MR) is 71.5 cm³/mol. The Morgan fingerprint density at radius 3 is 2.59 bits per heavy atom. The zero-order valence-electron chi connectivity index (χ0n) is 11.5. The van der Waals surface area contributed by atoms with Crippen molar-refractivity contribution in [2.45, 2.75) is 76.8 Å². The van der Waals surface area contributed by atoms with Gasteiger partial charge in [0.1, 0.15) is 0 Å². The number of hydrogen-bond acceptors (Lipinski definition) is 2. The molecule has 4 rings (SSSR count). The summed E-state index contributed by atoms with van der Waals surface area (Å²) in [5.41, 5.74) is 14.0. The molecular weight excluding hydrogens is 208 g/mol. The van der Waals surface area contributed by atoms with Gasteiger partial charge in [-0.3, -0.25) is 0 Å². The normalized spacial score (nSPS) is 56.5. The summed E-state index contributed by atoms with van der Waals surface area (Å²) in [5, 5.41) is 0. The molecule has 4 N–H and O–H groups in total. The maximum absolute atomic E-state index is 6.68. The van der Waals surface area contributed by atoms with Gasteiger partial charge in [-0.1, -0.05) is 26.7 Å². The van der Waals surface area contributed by atoms with Crippen molar-refractivity contribution in [3.05, 3.63) is 0 Å². The fourth-order valence-electron chi connectivity index (χ4n) is 5.93. The summed E-state index contributed by atoms with van der Waals surface area (Å²) in [5.74, 6) is 0.865. The van der Waals surface area contributed by atoms with E-state index in [1.54, 1.807) is 0 Å². The fourth-order valence-corrected chi connectivity index (χ4v) is 5.93. The van der Waals surface area contributed by atoms with Crippen LogP contribution in [0.4, 0.5) is 0 Å². The molecule has 0 aliphatic heterocycles. The molecular formula is C15H28N2. The van der Waals surface area contributed by atoms with Crippen molar-refractivity contribution in [3.63, 3.8) is 0 Å². The SMILES string of the molecule is CCCCC12CC3CC(C)(C1)C(N)C(N)(C3)C2. The van der Waals surface area contributed by atoms with Gasteiger partial charge in [-0.25, -0.2) is 0 Å². The van der Waals surface area contributed by atoms with E-state index in [2.05, 4.69) is 13.8 Å². The van der Waals surface area contributed by atoms with Crippen LogP contribution in [0.5, 0.6) is 0 Å². The van der Waals surface area contributed by atoms with Crippen molar-refractivity contribution in [2.75, 3.05) is 0 Å². The Hall–Kier alpha value is -0.0800. The third-order valence-electron chi connectivity index (χ3n) is 6.06. The number of rotatable bonds is 3. The summed E-state index contributed by atoms with van der Waals surface area (Å²) in [6.07, 6.45) is 10.6. The molecule has 0 saturated heterocycles. The van der Waals surface area contributed by atoms with Crippen molar-refractivity contribution in [2.24, 2.45) is 28.2 Å². The summed E-state index contributed by atoms with van der Waals surface area (Å²) in [4.78, 5) is 0. The number of unbranched alkanes of at least 4 members (excludes halogenated alkanes) is 1. The van der Waals surface area contributed by atoms with Gasteiger partial charge in [0.2, 0.25) is 0 Å². The minimum absolute atomic E-state index is 0.0398. The van der Waals surface area contributed by atoms with Crippen LogP contribution >= 0.6 is 0 Å². The van der Waals surface area contributed by atoms with E-state index in [4.69, 9.17) is 11.5 Å². The lowest BCUT2D eigenvalue weighted by atomic mass is 9.40. The molecule has 0 amide bonds. The molecule has 5 atom stereocenters. The zero-order valence-corrected chi connectivity index (χ0v) is 11.5. The number of nitrogens with two attached hydrogens (primary N) is 2. The molecule has 98 valence electrons. The summed E-state index contributed by atoms with van der Waals surface area (Å²) < 4.78 is 0. The number of hydrogen-bond donors (Lipinski definition) is 2. The lowest BCUT2D eigenvalue weighted by Crippen LogP contribution is -2.74. The molecule has 0 aromatic rings. The smallest absolute Gasteiger partial charge is 0.0321 e. The lowest BCUT2D eigenvalue weighted by Gasteiger charge is -2.68. The molecule has 0 aromatic carbocycles. The average molecular weight is 236 g/mol. The quantitative estimate of drug-likeness (QED) is 0.791. The summed E-state index contributed by atoms with van der Waals surface area (Å²) in [6.45, 7) is 4.70. The summed E-state index contributed by atoms with van der Waals surface area (Å²) >= 11 is 0. The lowest BCUT2D eigenvalue weighted by molar-refractivity contribution is -0.132. The maximum atomic E-state index is 6.68. The van der Waals surface area contributed by atoms with Crippen LogP contribution in [0.2, 0.25) is 0 Å². The summed E-state index contributed by atoms with van der Waals surface area (Å²) in [6, 6.07) is 0.237. The summed E-state index contributed by atoms with van der Waals surface area (Å²) in [7, 11) is 0. The molecule has 4 saturated carbocycles. The molecule has 2 heteroatoms. The van der Waals surface area contributed by atoms with Crippen LogP contribution in [-0.4, -0.2) is 11.6 Å². The Morgan fingerprint density at radius 1 is 1.18 bits per heavy atom. The molecule has 0 radical (unpaired) electrons. The van der Waals surface area contributed by atoms with E-state index in [0.717, 1.165) is 5.92 Å². The fraction of sp³-hybridized carbons (Fsp3) is 1.00. The molecule has 4 aliphatic rings. The van der Waals surface area contributed by atoms with E-state index in [1.807, 2.05) is 0 Å². The molecule has 4 bridgehead atoms. The Kier molecular flexibility index (Phi) is 2.45. The Balaban J connectivity index is 1.91. The molecule has 4 aliphatic carbocycles. The van der Waals surface area contributed by atoms with Gasteiger partial charge >= 0.3 is 0 Å². The third-order valence-corrected chi connectivity index (χ3v) is 6.06. The monoisotopic (exact) mass is 236 g/mol. The standard InChI is InChI=1S/C15H28N2/c1-3-4-5-14-7-11-6-13(2,9-14)12(16)15(17,8-11)10-14/h11-12H,3-10,16-17H2,1-2H3. The maximum Gasteiger partial charge on any atom is 0.0321 e. The van der Waals surface area contributed by atoms with Gasteiger partial charge in [-0.15, -0.1) is 0 Å². The van der Waals surface area contributed by atoms with Gasteiger partial charge in [-0.2, -0.15) is 0 Å². The Labute approximate surface area is 106 Å². The van der Waals surface area contributed by atoms with Gasteiger partial charge in [-0.05, 0) is 55.3 Å². The van der Waals surface area contributed by atoms with Crippen molar-refractivity contribution < 1.29 is 0 Å². The van der Waals surface area contributed by atoms with Crippen LogP contribution < -0.4 is 11.5 Å². The van der Waals surface area contributed by atoms with Crippen molar-refractivity contribution in [1.29, 1.82) is 0 Å². The van der Waals surface area contributed by atoms with E-state index in [9.17, 15) is 0 Å². The highest BCUT2D eigenvalue weighted by Gasteiger charge is 2.64. The third kappa shape index (κ3) is 1.60. The highest BCUT2D eigenvalue weighted by molar-refractivity contribution is 5.20. The second-order valence-electron chi connectivity index (χ2n) is 7.80. The molecule has 17 heavy (non-hydrogen) atoms. The molecule has 0 aromatic heterocycles. The molecule has 5 unspecified atom stereocenters. The van der Waals surface area contributed by atoms with Gasteiger partial charge in [0.25, 0.3) is 0 Å². The average Bonchev–Trinajstić information content (AvgIpc) is 2.21. The van der Waals surface area contributed by atoms with E-state index in [0.29, 0.717) is 10.8 Å². The predicted octanol–water partition coefficient (Wildman–Crippen LogP) is 2.80. The first-order valence-corrected chi connectivity index (χ1v) is 7.46. The van der Waals surface area contributed by atoms with Gasteiger partial charge < -0.3 is 11.5 Å². The second kappa shape index (κ2) is 3.48. The first-order valence-electron chi connectivity index (χ1n) is 7.46. The second-order valence-corrected chi connectivity index (χ2v) is 7.80. The highest BCUT2D eigenvalue weighted by Crippen LogP contribution is 2.66. The molecule has 0 spiro atoms. The van der Waals surface area contributed by atoms with Crippen LogP contribution in [0.15, 0.2) is 0 Å². The molecule has 0 heterocycles. The minimum atomic E-state index is -0.0398. The van der Waals surface area contributed by atoms with E-state index >= 15 is 0 Å². The first kappa shape index (κ1) is 12.0. The Bertz CT molecular complexity index is 305. The van der Waals surface area contributed by atoms with Crippen LogP contribution in [-0.2, 0) is 0 Å². The van der Waals surface area contributed by atoms with Crippen molar-refractivity contribution in [3.8, 4) is 0 Å². The first-order chi connectivity index (χ1) is 7.91. The molecule has 4 fully saturated rings. The van der Waals surface area contributed by atoms with Crippen LogP contribution in [0.25, 0.3) is 0 Å². The van der Waals surface area contributed by atoms with Crippen LogP contribution in [0.3, 0.4) is 0 Å². The minimum Gasteiger partial charge on any atom is -0.326 e.